The van der Waals surface area contributed by atoms with E-state index in [1.165, 1.54) is 6.33 Å². The summed E-state index contributed by atoms with van der Waals surface area (Å²) in [7, 11) is -1.57. The van der Waals surface area contributed by atoms with Crippen molar-refractivity contribution in [2.45, 2.75) is 43.9 Å². The Balaban J connectivity index is 1.55. The van der Waals surface area contributed by atoms with Crippen molar-refractivity contribution in [1.82, 2.24) is 24.9 Å². The van der Waals surface area contributed by atoms with Crippen molar-refractivity contribution >= 4 is 21.9 Å². The molecule has 2 N–H and O–H groups in total. The Kier molecular flexibility index (Phi) is 6.89. The Morgan fingerprint density at radius 2 is 2.21 bits per heavy atom. The first kappa shape index (κ1) is 21.7. The summed E-state index contributed by atoms with van der Waals surface area (Å²) in [5, 5.41) is 3.02. The van der Waals surface area contributed by atoms with Crippen molar-refractivity contribution in [3.05, 3.63) is 18.6 Å². The number of alkyl halides is 1. The molecule has 3 rings (SSSR count). The van der Waals surface area contributed by atoms with Gasteiger partial charge in [-0.1, -0.05) is 6.42 Å². The van der Waals surface area contributed by atoms with Crippen LogP contribution in [0.1, 0.15) is 25.7 Å². The molecule has 11 heteroatoms. The number of carbonyl (C=O) groups is 1. The van der Waals surface area contributed by atoms with Gasteiger partial charge in [0, 0.05) is 38.8 Å². The van der Waals surface area contributed by atoms with Crippen molar-refractivity contribution in [2.75, 3.05) is 37.8 Å². The quantitative estimate of drug-likeness (QED) is 0.664. The summed E-state index contributed by atoms with van der Waals surface area (Å²) in [6.45, 7) is 0.940. The molecule has 1 aliphatic heterocycles. The first-order valence-electron chi connectivity index (χ1n) is 9.86. The molecule has 1 aromatic heterocycles. The van der Waals surface area contributed by atoms with Crippen molar-refractivity contribution in [3.8, 4) is 0 Å². The molecule has 1 saturated carbocycles. The number of urea groups is 1. The van der Waals surface area contributed by atoms with Crippen molar-refractivity contribution < 1.29 is 17.6 Å². The number of sulfonamides is 1. The molecule has 0 bridgehead atoms. The lowest BCUT2D eigenvalue weighted by Gasteiger charge is -2.30. The molecular formula is C18H29FN6O3S. The van der Waals surface area contributed by atoms with Crippen LogP contribution in [0.3, 0.4) is 0 Å². The van der Waals surface area contributed by atoms with Gasteiger partial charge in [-0.05, 0) is 24.8 Å². The van der Waals surface area contributed by atoms with Crippen LogP contribution in [0.5, 0.6) is 0 Å². The fraction of sp³-hybridized carbons (Fsp3) is 0.722. The zero-order chi connectivity index (χ0) is 21.0. The Morgan fingerprint density at radius 1 is 1.41 bits per heavy atom. The highest BCUT2D eigenvalue weighted by molar-refractivity contribution is 7.88. The number of halogens is 1. The molecule has 9 nitrogen and oxygen atoms in total. The van der Waals surface area contributed by atoms with Gasteiger partial charge in [0.2, 0.25) is 10.0 Å². The number of hydrogen-bond acceptors (Lipinski definition) is 6. The Morgan fingerprint density at radius 3 is 2.90 bits per heavy atom. The number of likely N-dealkylation sites (N-methyl/N-ethyl adjacent to an activating group) is 1. The van der Waals surface area contributed by atoms with Crippen molar-refractivity contribution in [2.24, 2.45) is 5.92 Å². The van der Waals surface area contributed by atoms with Crippen LogP contribution in [0, 0.1) is 5.92 Å². The molecule has 2 aliphatic rings. The van der Waals surface area contributed by atoms with Gasteiger partial charge in [-0.15, -0.1) is 0 Å². The van der Waals surface area contributed by atoms with Crippen molar-refractivity contribution in [3.63, 3.8) is 0 Å². The number of carbonyl (C=O) groups excluding carboxylic acids is 1. The third kappa shape index (κ3) is 5.99. The van der Waals surface area contributed by atoms with Crippen LogP contribution in [0.2, 0.25) is 0 Å². The zero-order valence-corrected chi connectivity index (χ0v) is 17.6. The Bertz CT molecular complexity index is 796. The standard InChI is InChI=1S/C18H29FN6O3S/c1-24(11-15-8-14(19)10-25(15)17-6-7-20-12-21-17)18(26)23-16-5-3-4-13(16)9-22-29(2,27)28/h6-7,12-16,22H,3-5,8-11H2,1-2H3,(H,23,26)/t13?,14-,15-,16?/m0/s1. The fourth-order valence-electron chi connectivity index (χ4n) is 4.16. The molecular weight excluding hydrogens is 399 g/mol. The summed E-state index contributed by atoms with van der Waals surface area (Å²) in [5.74, 6) is 0.725. The van der Waals surface area contributed by atoms with Gasteiger partial charge in [0.1, 0.15) is 18.3 Å². The minimum absolute atomic E-state index is 0.0706. The zero-order valence-electron chi connectivity index (χ0n) is 16.8. The predicted molar refractivity (Wildman–Crippen MR) is 108 cm³/mol. The maximum absolute atomic E-state index is 14.1. The summed E-state index contributed by atoms with van der Waals surface area (Å²) in [6.07, 6.45) is 6.18. The van der Waals surface area contributed by atoms with Crippen molar-refractivity contribution in [1.29, 1.82) is 0 Å². The molecule has 0 radical (unpaired) electrons. The second kappa shape index (κ2) is 9.21. The highest BCUT2D eigenvalue weighted by Gasteiger charge is 2.35. The molecule has 2 unspecified atom stereocenters. The second-order valence-electron chi connectivity index (χ2n) is 7.95. The topological polar surface area (TPSA) is 108 Å². The van der Waals surface area contributed by atoms with E-state index in [0.29, 0.717) is 25.3 Å². The van der Waals surface area contributed by atoms with E-state index < -0.39 is 16.2 Å². The number of aromatic nitrogens is 2. The molecule has 2 fully saturated rings. The van der Waals surface area contributed by atoms with Gasteiger partial charge in [-0.25, -0.2) is 32.3 Å². The van der Waals surface area contributed by atoms with Crippen LogP contribution < -0.4 is 14.9 Å². The molecule has 1 aliphatic carbocycles. The SMILES string of the molecule is CN(C[C@@H]1C[C@H](F)CN1c1ccncn1)C(=O)NC1CCCC1CNS(C)(=O)=O. The third-order valence-electron chi connectivity index (χ3n) is 5.63. The van der Waals surface area contributed by atoms with E-state index in [2.05, 4.69) is 20.0 Å². The minimum atomic E-state index is -3.26. The molecule has 4 atom stereocenters. The lowest BCUT2D eigenvalue weighted by Crippen LogP contribution is -2.49. The van der Waals surface area contributed by atoms with Crippen LogP contribution in [0.25, 0.3) is 0 Å². The van der Waals surface area contributed by atoms with Gasteiger partial charge in [0.25, 0.3) is 0 Å². The number of hydrogen-bond donors (Lipinski definition) is 2. The van der Waals surface area contributed by atoms with Gasteiger partial charge in [0.15, 0.2) is 0 Å². The van der Waals surface area contributed by atoms with Gasteiger partial charge < -0.3 is 15.1 Å². The van der Waals surface area contributed by atoms with E-state index in [0.717, 1.165) is 25.5 Å². The van der Waals surface area contributed by atoms with E-state index in [1.54, 1.807) is 24.2 Å². The first-order chi connectivity index (χ1) is 13.7. The Labute approximate surface area is 171 Å². The summed E-state index contributed by atoms with van der Waals surface area (Å²) in [6, 6.07) is 1.27. The van der Waals surface area contributed by atoms with Crippen LogP contribution in [0.15, 0.2) is 18.6 Å². The second-order valence-corrected chi connectivity index (χ2v) is 9.79. The van der Waals surface area contributed by atoms with Crippen LogP contribution >= 0.6 is 0 Å². The molecule has 162 valence electrons. The number of nitrogens with one attached hydrogen (secondary N) is 2. The van der Waals surface area contributed by atoms with Gasteiger partial charge >= 0.3 is 6.03 Å². The summed E-state index contributed by atoms with van der Waals surface area (Å²) < 4.78 is 39.3. The van der Waals surface area contributed by atoms with Crippen LogP contribution in [-0.4, -0.2) is 80.5 Å². The van der Waals surface area contributed by atoms with E-state index in [4.69, 9.17) is 0 Å². The monoisotopic (exact) mass is 428 g/mol. The molecule has 0 aromatic carbocycles. The molecule has 1 saturated heterocycles. The van der Waals surface area contributed by atoms with Gasteiger partial charge in [-0.3, -0.25) is 0 Å². The van der Waals surface area contributed by atoms with E-state index in [9.17, 15) is 17.6 Å². The molecule has 2 amide bonds. The Hall–Kier alpha value is -2.01. The highest BCUT2D eigenvalue weighted by atomic mass is 32.2. The maximum Gasteiger partial charge on any atom is 0.317 e. The molecule has 0 spiro atoms. The number of anilines is 1. The number of amides is 2. The van der Waals surface area contributed by atoms with Gasteiger partial charge in [-0.2, -0.15) is 0 Å². The number of rotatable bonds is 7. The molecule has 1 aromatic rings. The first-order valence-corrected chi connectivity index (χ1v) is 11.7. The van der Waals surface area contributed by atoms with E-state index in [-0.39, 0.29) is 30.6 Å². The summed E-state index contributed by atoms with van der Waals surface area (Å²) >= 11 is 0. The highest BCUT2D eigenvalue weighted by Crippen LogP contribution is 2.27. The lowest BCUT2D eigenvalue weighted by atomic mass is 10.0. The van der Waals surface area contributed by atoms with E-state index >= 15 is 0 Å². The van der Waals surface area contributed by atoms with E-state index in [1.807, 2.05) is 4.90 Å². The van der Waals surface area contributed by atoms with Gasteiger partial charge in [0.05, 0.1) is 18.8 Å². The normalized spacial score (nSPS) is 27.2. The fourth-order valence-corrected chi connectivity index (χ4v) is 4.68. The maximum atomic E-state index is 14.1. The lowest BCUT2D eigenvalue weighted by molar-refractivity contribution is 0.197. The summed E-state index contributed by atoms with van der Waals surface area (Å²) in [4.78, 5) is 24.2. The molecule has 2 heterocycles. The third-order valence-corrected chi connectivity index (χ3v) is 6.32. The largest absolute Gasteiger partial charge is 0.349 e. The number of nitrogens with zero attached hydrogens (tertiary/aromatic N) is 4. The smallest absolute Gasteiger partial charge is 0.317 e. The average Bonchev–Trinajstić information content (AvgIpc) is 3.26. The summed E-state index contributed by atoms with van der Waals surface area (Å²) in [5.41, 5.74) is 0. The average molecular weight is 429 g/mol. The minimum Gasteiger partial charge on any atom is -0.349 e. The van der Waals surface area contributed by atoms with Crippen LogP contribution in [0.4, 0.5) is 15.0 Å². The molecule has 29 heavy (non-hydrogen) atoms. The van der Waals surface area contributed by atoms with Crippen LogP contribution in [-0.2, 0) is 10.0 Å². The predicted octanol–water partition coefficient (Wildman–Crippen LogP) is 0.753.